The summed E-state index contributed by atoms with van der Waals surface area (Å²) in [6, 6.07) is 8.23. The molecule has 0 radical (unpaired) electrons. The van der Waals surface area contributed by atoms with Crippen molar-refractivity contribution < 1.29 is 5.11 Å². The topological polar surface area (TPSA) is 32.3 Å². The molecule has 0 spiro atoms. The molecule has 1 aromatic rings. The molecular formula is C18H27NO. The number of nitrogens with one attached hydrogen (secondary N) is 1. The molecule has 0 saturated heterocycles. The van der Waals surface area contributed by atoms with Crippen molar-refractivity contribution in [2.75, 3.05) is 6.54 Å². The Bertz CT molecular complexity index is 474. The van der Waals surface area contributed by atoms with Gasteiger partial charge in [0.25, 0.3) is 0 Å². The van der Waals surface area contributed by atoms with Gasteiger partial charge in [-0.15, -0.1) is 0 Å². The van der Waals surface area contributed by atoms with E-state index in [-0.39, 0.29) is 0 Å². The third-order valence-corrected chi connectivity index (χ3v) is 5.97. The second-order valence-corrected chi connectivity index (χ2v) is 7.72. The van der Waals surface area contributed by atoms with Gasteiger partial charge in [0.05, 0.1) is 0 Å². The smallest absolute Gasteiger partial charge is 0.115 e. The van der Waals surface area contributed by atoms with Crippen LogP contribution in [0.15, 0.2) is 24.3 Å². The fourth-order valence-corrected chi connectivity index (χ4v) is 4.83. The minimum atomic E-state index is 0.350. The third kappa shape index (κ3) is 2.24. The average molecular weight is 273 g/mol. The second-order valence-electron chi connectivity index (χ2n) is 7.72. The van der Waals surface area contributed by atoms with Crippen LogP contribution in [0.3, 0.4) is 0 Å². The van der Waals surface area contributed by atoms with E-state index in [0.29, 0.717) is 22.6 Å². The molecule has 2 fully saturated rings. The molecule has 2 aliphatic carbocycles. The Morgan fingerprint density at radius 1 is 1.20 bits per heavy atom. The van der Waals surface area contributed by atoms with Crippen LogP contribution in [0.5, 0.6) is 5.75 Å². The van der Waals surface area contributed by atoms with Crippen LogP contribution in [-0.4, -0.2) is 17.7 Å². The lowest BCUT2D eigenvalue weighted by molar-refractivity contribution is 0.110. The molecule has 2 heteroatoms. The van der Waals surface area contributed by atoms with E-state index in [1.54, 1.807) is 12.1 Å². The Balaban J connectivity index is 1.60. The highest BCUT2D eigenvalue weighted by Gasteiger charge is 2.58. The highest BCUT2D eigenvalue weighted by molar-refractivity contribution is 5.26. The summed E-state index contributed by atoms with van der Waals surface area (Å²) in [7, 11) is 0. The molecule has 0 aliphatic heterocycles. The van der Waals surface area contributed by atoms with Gasteiger partial charge in [-0.3, -0.25) is 0 Å². The molecule has 2 aliphatic rings. The Labute approximate surface area is 122 Å². The Morgan fingerprint density at radius 2 is 1.90 bits per heavy atom. The average Bonchev–Trinajstić information content (AvgIpc) is 2.87. The zero-order valence-electron chi connectivity index (χ0n) is 12.9. The van der Waals surface area contributed by atoms with Gasteiger partial charge in [-0.1, -0.05) is 32.9 Å². The zero-order valence-corrected chi connectivity index (χ0v) is 12.9. The maximum Gasteiger partial charge on any atom is 0.115 e. The van der Waals surface area contributed by atoms with E-state index in [2.05, 4.69) is 26.1 Å². The van der Waals surface area contributed by atoms with E-state index in [1.165, 1.54) is 24.8 Å². The van der Waals surface area contributed by atoms with Crippen LogP contribution >= 0.6 is 0 Å². The summed E-state index contributed by atoms with van der Waals surface area (Å²) in [5, 5.41) is 13.2. The van der Waals surface area contributed by atoms with Crippen molar-refractivity contribution in [1.82, 2.24) is 5.32 Å². The van der Waals surface area contributed by atoms with Gasteiger partial charge in [0.1, 0.15) is 5.75 Å². The van der Waals surface area contributed by atoms with Crippen LogP contribution in [0.1, 0.15) is 45.6 Å². The first-order valence-electron chi connectivity index (χ1n) is 7.93. The molecule has 2 nitrogen and oxygen atoms in total. The van der Waals surface area contributed by atoms with Crippen molar-refractivity contribution in [3.05, 3.63) is 29.8 Å². The fraction of sp³-hybridized carbons (Fsp3) is 0.667. The van der Waals surface area contributed by atoms with Crippen LogP contribution < -0.4 is 5.32 Å². The number of rotatable bonds is 4. The predicted molar refractivity (Wildman–Crippen MR) is 82.8 cm³/mol. The minimum Gasteiger partial charge on any atom is -0.508 e. The first-order chi connectivity index (χ1) is 9.42. The number of aromatic hydroxyl groups is 1. The molecule has 1 aromatic carbocycles. The zero-order chi connectivity index (χ0) is 14.4. The predicted octanol–water partition coefficient (Wildman–Crippen LogP) is 3.74. The van der Waals surface area contributed by atoms with Crippen molar-refractivity contribution in [2.45, 2.75) is 52.5 Å². The minimum absolute atomic E-state index is 0.350. The number of phenolic OH excluding ortho intramolecular Hbond substituents is 1. The van der Waals surface area contributed by atoms with E-state index in [9.17, 15) is 5.11 Å². The summed E-state index contributed by atoms with van der Waals surface area (Å²) in [5.41, 5.74) is 2.23. The van der Waals surface area contributed by atoms with Gasteiger partial charge in [-0.2, -0.15) is 0 Å². The Morgan fingerprint density at radius 3 is 2.50 bits per heavy atom. The lowest BCUT2D eigenvalue weighted by Crippen LogP contribution is -2.50. The van der Waals surface area contributed by atoms with Gasteiger partial charge in [-0.05, 0) is 66.7 Å². The second kappa shape index (κ2) is 4.77. The van der Waals surface area contributed by atoms with Gasteiger partial charge < -0.3 is 10.4 Å². The van der Waals surface area contributed by atoms with E-state index in [0.717, 1.165) is 18.9 Å². The van der Waals surface area contributed by atoms with Gasteiger partial charge in [-0.25, -0.2) is 0 Å². The van der Waals surface area contributed by atoms with Gasteiger partial charge in [0.15, 0.2) is 0 Å². The molecule has 0 heterocycles. The molecule has 2 saturated carbocycles. The van der Waals surface area contributed by atoms with E-state index in [1.807, 2.05) is 12.1 Å². The van der Waals surface area contributed by atoms with Gasteiger partial charge in [0.2, 0.25) is 0 Å². The molecule has 110 valence electrons. The molecular weight excluding hydrogens is 246 g/mol. The number of benzene rings is 1. The van der Waals surface area contributed by atoms with Gasteiger partial charge in [0, 0.05) is 6.04 Å². The highest BCUT2D eigenvalue weighted by Crippen LogP contribution is 2.62. The van der Waals surface area contributed by atoms with Crippen LogP contribution in [0, 0.1) is 16.7 Å². The standard InChI is InChI=1S/C18H27NO/c1-17(2)14-8-10-18(3,12-14)16(17)19-11-9-13-4-6-15(20)7-5-13/h4-7,14,16,19-20H,8-12H2,1-3H3/t14-,16?,18+/m0/s1. The van der Waals surface area contributed by atoms with Crippen LogP contribution in [0.4, 0.5) is 0 Å². The molecule has 3 atom stereocenters. The molecule has 0 aromatic heterocycles. The summed E-state index contributed by atoms with van der Waals surface area (Å²) < 4.78 is 0. The normalized spacial score (nSPS) is 34.5. The Hall–Kier alpha value is -1.02. The number of phenols is 1. The summed E-state index contributed by atoms with van der Waals surface area (Å²) in [6.07, 6.45) is 5.24. The fourth-order valence-electron chi connectivity index (χ4n) is 4.83. The highest BCUT2D eigenvalue weighted by atomic mass is 16.3. The monoisotopic (exact) mass is 273 g/mol. The Kier molecular flexibility index (Phi) is 3.32. The van der Waals surface area contributed by atoms with Crippen molar-refractivity contribution in [1.29, 1.82) is 0 Å². The number of hydrogen-bond acceptors (Lipinski definition) is 2. The summed E-state index contributed by atoms with van der Waals surface area (Å²) in [6.45, 7) is 8.39. The maximum atomic E-state index is 9.31. The number of fused-ring (bicyclic) bond motifs is 2. The summed E-state index contributed by atoms with van der Waals surface area (Å²) in [5.74, 6) is 1.25. The summed E-state index contributed by atoms with van der Waals surface area (Å²) in [4.78, 5) is 0. The third-order valence-electron chi connectivity index (χ3n) is 5.97. The van der Waals surface area contributed by atoms with Crippen LogP contribution in [0.2, 0.25) is 0 Å². The van der Waals surface area contributed by atoms with E-state index < -0.39 is 0 Å². The van der Waals surface area contributed by atoms with Crippen LogP contribution in [0.25, 0.3) is 0 Å². The molecule has 1 unspecified atom stereocenters. The molecule has 2 N–H and O–H groups in total. The van der Waals surface area contributed by atoms with Gasteiger partial charge >= 0.3 is 0 Å². The molecule has 20 heavy (non-hydrogen) atoms. The van der Waals surface area contributed by atoms with Crippen molar-refractivity contribution >= 4 is 0 Å². The van der Waals surface area contributed by atoms with E-state index in [4.69, 9.17) is 0 Å². The largest absolute Gasteiger partial charge is 0.508 e. The first kappa shape index (κ1) is 13.9. The maximum absolute atomic E-state index is 9.31. The van der Waals surface area contributed by atoms with Crippen molar-refractivity contribution in [2.24, 2.45) is 16.7 Å². The molecule has 2 bridgehead atoms. The summed E-state index contributed by atoms with van der Waals surface area (Å²) >= 11 is 0. The lowest BCUT2D eigenvalue weighted by atomic mass is 9.68. The first-order valence-corrected chi connectivity index (χ1v) is 7.93. The van der Waals surface area contributed by atoms with Crippen LogP contribution in [-0.2, 0) is 6.42 Å². The molecule has 0 amide bonds. The van der Waals surface area contributed by atoms with E-state index >= 15 is 0 Å². The lowest BCUT2D eigenvalue weighted by Gasteiger charge is -2.43. The van der Waals surface area contributed by atoms with Crippen molar-refractivity contribution in [3.8, 4) is 5.75 Å². The SMILES string of the molecule is CC1(C)C(NCCc2ccc(O)cc2)[C@]2(C)CC[C@H]1C2. The number of hydrogen-bond donors (Lipinski definition) is 2. The van der Waals surface area contributed by atoms with Crippen molar-refractivity contribution in [3.63, 3.8) is 0 Å². The quantitative estimate of drug-likeness (QED) is 0.876. The molecule has 3 rings (SSSR count).